The van der Waals surface area contributed by atoms with E-state index in [1.165, 1.54) is 0 Å². The summed E-state index contributed by atoms with van der Waals surface area (Å²) in [4.78, 5) is 6.62. The molecule has 0 amide bonds. The topological polar surface area (TPSA) is 58.1 Å². The number of benzene rings is 1. The summed E-state index contributed by atoms with van der Waals surface area (Å²) in [5, 5.41) is 6.85. The highest BCUT2D eigenvalue weighted by molar-refractivity contribution is 5.79. The molecule has 1 heterocycles. The first-order valence-corrected chi connectivity index (χ1v) is 10.1. The molecule has 0 unspecified atom stereocenters. The monoisotopic (exact) mass is 394 g/mol. The standard InChI is InChI=1S/C21H35FN4O2/c1-23-20(24-11-13-26(2)12-4-14-27-3)25-17-21(9-15-28-16-10-21)18-5-7-19(22)8-6-18/h5-8H,4,9-17H2,1-3H3,(H2,23,24,25). The minimum Gasteiger partial charge on any atom is -0.385 e. The summed E-state index contributed by atoms with van der Waals surface area (Å²) in [5.41, 5.74) is 1.08. The third-order valence-corrected chi connectivity index (χ3v) is 5.40. The van der Waals surface area contributed by atoms with Gasteiger partial charge in [-0.2, -0.15) is 0 Å². The molecule has 0 saturated carbocycles. The van der Waals surface area contributed by atoms with Crippen LogP contribution in [0.3, 0.4) is 0 Å². The van der Waals surface area contributed by atoms with E-state index in [9.17, 15) is 4.39 Å². The maximum atomic E-state index is 13.4. The maximum Gasteiger partial charge on any atom is 0.191 e. The lowest BCUT2D eigenvalue weighted by Crippen LogP contribution is -2.49. The van der Waals surface area contributed by atoms with Crippen molar-refractivity contribution in [3.8, 4) is 0 Å². The van der Waals surface area contributed by atoms with E-state index in [2.05, 4.69) is 27.6 Å². The van der Waals surface area contributed by atoms with Crippen LogP contribution in [0.1, 0.15) is 24.8 Å². The summed E-state index contributed by atoms with van der Waals surface area (Å²) in [7, 11) is 5.62. The molecule has 0 spiro atoms. The van der Waals surface area contributed by atoms with E-state index in [-0.39, 0.29) is 11.2 Å². The van der Waals surface area contributed by atoms with Crippen LogP contribution in [0.25, 0.3) is 0 Å². The highest BCUT2D eigenvalue weighted by Gasteiger charge is 2.34. The van der Waals surface area contributed by atoms with Gasteiger partial charge in [-0.15, -0.1) is 0 Å². The third-order valence-electron chi connectivity index (χ3n) is 5.40. The van der Waals surface area contributed by atoms with Crippen molar-refractivity contribution in [1.82, 2.24) is 15.5 Å². The minimum atomic E-state index is -0.203. The number of hydrogen-bond acceptors (Lipinski definition) is 4. The molecule has 1 aliphatic rings. The highest BCUT2D eigenvalue weighted by Crippen LogP contribution is 2.34. The molecule has 0 bridgehead atoms. The summed E-state index contributed by atoms with van der Waals surface area (Å²) >= 11 is 0. The van der Waals surface area contributed by atoms with Crippen molar-refractivity contribution in [3.63, 3.8) is 0 Å². The van der Waals surface area contributed by atoms with Crippen molar-refractivity contribution in [2.75, 3.05) is 67.2 Å². The van der Waals surface area contributed by atoms with Gasteiger partial charge in [0.2, 0.25) is 0 Å². The maximum absolute atomic E-state index is 13.4. The van der Waals surface area contributed by atoms with Crippen LogP contribution >= 0.6 is 0 Å². The third kappa shape index (κ3) is 7.04. The van der Waals surface area contributed by atoms with Gasteiger partial charge in [0.05, 0.1) is 0 Å². The second-order valence-corrected chi connectivity index (χ2v) is 7.40. The van der Waals surface area contributed by atoms with Gasteiger partial charge in [-0.1, -0.05) is 12.1 Å². The van der Waals surface area contributed by atoms with Crippen molar-refractivity contribution in [2.45, 2.75) is 24.7 Å². The second kappa shape index (κ2) is 12.0. The first-order chi connectivity index (χ1) is 13.6. The van der Waals surface area contributed by atoms with Crippen LogP contribution < -0.4 is 10.6 Å². The van der Waals surface area contributed by atoms with Crippen LogP contribution in [0.2, 0.25) is 0 Å². The van der Waals surface area contributed by atoms with Crippen molar-refractivity contribution in [3.05, 3.63) is 35.6 Å². The molecule has 1 fully saturated rings. The normalized spacial score (nSPS) is 17.0. The molecule has 0 aromatic heterocycles. The first-order valence-electron chi connectivity index (χ1n) is 10.1. The van der Waals surface area contributed by atoms with Crippen molar-refractivity contribution in [1.29, 1.82) is 0 Å². The smallest absolute Gasteiger partial charge is 0.191 e. The lowest BCUT2D eigenvalue weighted by molar-refractivity contribution is 0.0513. The fraction of sp³-hybridized carbons (Fsp3) is 0.667. The Morgan fingerprint density at radius 3 is 2.57 bits per heavy atom. The van der Waals surface area contributed by atoms with Crippen LogP contribution in [0.4, 0.5) is 4.39 Å². The van der Waals surface area contributed by atoms with E-state index in [1.807, 2.05) is 12.1 Å². The summed E-state index contributed by atoms with van der Waals surface area (Å²) < 4.78 is 24.0. The molecule has 1 aromatic carbocycles. The zero-order valence-electron chi connectivity index (χ0n) is 17.5. The average molecular weight is 395 g/mol. The Kier molecular flexibility index (Phi) is 9.67. The van der Waals surface area contributed by atoms with Gasteiger partial charge in [-0.3, -0.25) is 4.99 Å². The molecule has 1 aromatic rings. The molecule has 0 atom stereocenters. The molecule has 28 heavy (non-hydrogen) atoms. The lowest BCUT2D eigenvalue weighted by atomic mass is 9.74. The Morgan fingerprint density at radius 2 is 1.93 bits per heavy atom. The summed E-state index contributed by atoms with van der Waals surface area (Å²) in [6, 6.07) is 6.87. The summed E-state index contributed by atoms with van der Waals surface area (Å²) in [6.45, 7) is 5.72. The van der Waals surface area contributed by atoms with E-state index in [0.717, 1.165) is 76.8 Å². The number of rotatable bonds is 10. The predicted molar refractivity (Wildman–Crippen MR) is 111 cm³/mol. The van der Waals surface area contributed by atoms with Gasteiger partial charge in [0.15, 0.2) is 5.96 Å². The van der Waals surface area contributed by atoms with E-state index < -0.39 is 0 Å². The molecular formula is C21H35FN4O2. The Morgan fingerprint density at radius 1 is 1.21 bits per heavy atom. The number of nitrogens with zero attached hydrogens (tertiary/aromatic N) is 2. The first kappa shape index (κ1) is 22.6. The highest BCUT2D eigenvalue weighted by atomic mass is 19.1. The van der Waals surface area contributed by atoms with Gasteiger partial charge in [0, 0.05) is 65.6 Å². The van der Waals surface area contributed by atoms with Gasteiger partial charge in [-0.25, -0.2) is 4.39 Å². The molecule has 158 valence electrons. The van der Waals surface area contributed by atoms with Crippen molar-refractivity contribution < 1.29 is 13.9 Å². The van der Waals surface area contributed by atoms with Crippen LogP contribution in [0, 0.1) is 5.82 Å². The molecule has 2 rings (SSSR count). The Hall–Kier alpha value is -1.70. The Bertz CT molecular complexity index is 589. The molecule has 2 N–H and O–H groups in total. The second-order valence-electron chi connectivity index (χ2n) is 7.40. The largest absolute Gasteiger partial charge is 0.385 e. The number of hydrogen-bond donors (Lipinski definition) is 2. The van der Waals surface area contributed by atoms with Crippen molar-refractivity contribution >= 4 is 5.96 Å². The summed E-state index contributed by atoms with van der Waals surface area (Å²) in [5.74, 6) is 0.587. The average Bonchev–Trinajstić information content (AvgIpc) is 2.72. The number of aliphatic imine (C=N–C) groups is 1. The fourth-order valence-corrected chi connectivity index (χ4v) is 3.56. The quantitative estimate of drug-likeness (QED) is 0.361. The van der Waals surface area contributed by atoms with Crippen LogP contribution in [-0.4, -0.2) is 78.1 Å². The molecule has 7 heteroatoms. The molecule has 1 aliphatic heterocycles. The zero-order valence-corrected chi connectivity index (χ0v) is 17.5. The number of guanidine groups is 1. The van der Waals surface area contributed by atoms with Gasteiger partial charge in [-0.05, 0) is 44.0 Å². The van der Waals surface area contributed by atoms with Crippen LogP contribution in [0.15, 0.2) is 29.3 Å². The fourth-order valence-electron chi connectivity index (χ4n) is 3.56. The van der Waals surface area contributed by atoms with Crippen LogP contribution in [0.5, 0.6) is 0 Å². The van der Waals surface area contributed by atoms with Gasteiger partial charge < -0.3 is 25.0 Å². The number of methoxy groups -OCH3 is 1. The number of ether oxygens (including phenoxy) is 2. The van der Waals surface area contributed by atoms with Gasteiger partial charge in [0.25, 0.3) is 0 Å². The van der Waals surface area contributed by atoms with E-state index in [4.69, 9.17) is 9.47 Å². The number of halogens is 1. The van der Waals surface area contributed by atoms with Gasteiger partial charge in [0.1, 0.15) is 5.82 Å². The van der Waals surface area contributed by atoms with E-state index in [0.29, 0.717) is 0 Å². The SMILES string of the molecule is CN=C(NCCN(C)CCCOC)NCC1(c2ccc(F)cc2)CCOCC1. The zero-order chi connectivity index (χ0) is 20.2. The molecule has 0 aliphatic carbocycles. The Labute approximate surface area is 168 Å². The van der Waals surface area contributed by atoms with Gasteiger partial charge >= 0.3 is 0 Å². The summed E-state index contributed by atoms with van der Waals surface area (Å²) in [6.07, 6.45) is 2.85. The van der Waals surface area contributed by atoms with Crippen molar-refractivity contribution in [2.24, 2.45) is 4.99 Å². The predicted octanol–water partition coefficient (Wildman–Crippen LogP) is 2.01. The van der Waals surface area contributed by atoms with E-state index >= 15 is 0 Å². The van der Waals surface area contributed by atoms with Crippen LogP contribution in [-0.2, 0) is 14.9 Å². The minimum absolute atomic E-state index is 0.0689. The number of likely N-dealkylation sites (N-methyl/N-ethyl adjacent to an activating group) is 1. The Balaban J connectivity index is 1.86. The molecule has 1 saturated heterocycles. The van der Waals surface area contributed by atoms with E-state index in [1.54, 1.807) is 26.3 Å². The molecular weight excluding hydrogens is 359 g/mol. The molecule has 0 radical (unpaired) electrons. The number of nitrogens with one attached hydrogen (secondary N) is 2. The lowest BCUT2D eigenvalue weighted by Gasteiger charge is -2.38. The molecule has 6 nitrogen and oxygen atoms in total.